The third kappa shape index (κ3) is 5.20. The first-order chi connectivity index (χ1) is 13.6. The molecule has 1 unspecified atom stereocenters. The van der Waals surface area contributed by atoms with Crippen LogP contribution >= 0.6 is 0 Å². The van der Waals surface area contributed by atoms with Crippen LogP contribution in [0.15, 0.2) is 54.6 Å². The summed E-state index contributed by atoms with van der Waals surface area (Å²) in [7, 11) is 0. The number of piperazine rings is 1. The zero-order chi connectivity index (χ0) is 19.9. The summed E-state index contributed by atoms with van der Waals surface area (Å²) in [4.78, 5) is 28.9. The molecule has 2 aromatic carbocycles. The number of rotatable bonds is 5. The Hall–Kier alpha value is -2.66. The molecule has 0 bridgehead atoms. The van der Waals surface area contributed by atoms with E-state index in [2.05, 4.69) is 41.4 Å². The average Bonchev–Trinajstić information content (AvgIpc) is 2.74. The first-order valence-corrected chi connectivity index (χ1v) is 10.0. The number of hydrogen-bond acceptors (Lipinski definition) is 3. The fourth-order valence-corrected chi connectivity index (χ4v) is 3.48. The van der Waals surface area contributed by atoms with Gasteiger partial charge in [0.1, 0.15) is 0 Å². The third-order valence-corrected chi connectivity index (χ3v) is 5.34. The Morgan fingerprint density at radius 1 is 0.929 bits per heavy atom. The zero-order valence-corrected chi connectivity index (χ0v) is 16.7. The van der Waals surface area contributed by atoms with Crippen LogP contribution in [0.4, 0.5) is 0 Å². The van der Waals surface area contributed by atoms with Gasteiger partial charge in [0.15, 0.2) is 0 Å². The van der Waals surface area contributed by atoms with Gasteiger partial charge in [-0.1, -0.05) is 61.5 Å². The molecular formula is C23H29N3O2. The summed E-state index contributed by atoms with van der Waals surface area (Å²) >= 11 is 0. The summed E-state index contributed by atoms with van der Waals surface area (Å²) in [6, 6.07) is 18.3. The highest BCUT2D eigenvalue weighted by Crippen LogP contribution is 2.14. The van der Waals surface area contributed by atoms with Crippen molar-refractivity contribution in [1.82, 2.24) is 15.1 Å². The Morgan fingerprint density at radius 2 is 1.57 bits per heavy atom. The first-order valence-electron chi connectivity index (χ1n) is 10.0. The smallest absolute Gasteiger partial charge is 0.311 e. The van der Waals surface area contributed by atoms with Gasteiger partial charge in [0.25, 0.3) is 0 Å². The van der Waals surface area contributed by atoms with Crippen molar-refractivity contribution in [3.63, 3.8) is 0 Å². The minimum atomic E-state index is -0.524. The number of nitrogens with one attached hydrogen (secondary N) is 1. The van der Waals surface area contributed by atoms with Crippen LogP contribution in [0, 0.1) is 0 Å². The van der Waals surface area contributed by atoms with Crippen LogP contribution in [-0.2, 0) is 22.6 Å². The molecule has 2 amide bonds. The first kappa shape index (κ1) is 20.1. The van der Waals surface area contributed by atoms with E-state index in [-0.39, 0.29) is 6.04 Å². The fourth-order valence-electron chi connectivity index (χ4n) is 3.48. The standard InChI is InChI=1S/C23H29N3O2/c1-3-19-9-11-21(12-10-19)18(2)24-22(27)23(28)26-15-13-25(14-16-26)17-20-7-5-4-6-8-20/h4-12,18H,3,13-17H2,1-2H3,(H,24,27). The van der Waals surface area contributed by atoms with Gasteiger partial charge in [0.05, 0.1) is 6.04 Å². The summed E-state index contributed by atoms with van der Waals surface area (Å²) in [5, 5.41) is 2.84. The zero-order valence-electron chi connectivity index (χ0n) is 16.7. The van der Waals surface area contributed by atoms with E-state index in [0.29, 0.717) is 13.1 Å². The van der Waals surface area contributed by atoms with Gasteiger partial charge < -0.3 is 10.2 Å². The minimum Gasteiger partial charge on any atom is -0.341 e. The highest BCUT2D eigenvalue weighted by Gasteiger charge is 2.27. The van der Waals surface area contributed by atoms with Crippen molar-refractivity contribution < 1.29 is 9.59 Å². The van der Waals surface area contributed by atoms with E-state index in [4.69, 9.17) is 0 Å². The Labute approximate surface area is 167 Å². The lowest BCUT2D eigenvalue weighted by Gasteiger charge is -2.34. The van der Waals surface area contributed by atoms with E-state index in [1.165, 1.54) is 11.1 Å². The number of carbonyl (C=O) groups excluding carboxylic acids is 2. The molecule has 1 fully saturated rings. The molecule has 28 heavy (non-hydrogen) atoms. The molecule has 5 heteroatoms. The molecule has 148 valence electrons. The minimum absolute atomic E-state index is 0.193. The van der Waals surface area contributed by atoms with E-state index in [0.717, 1.165) is 31.6 Å². The number of hydrogen-bond donors (Lipinski definition) is 1. The Kier molecular flexibility index (Phi) is 6.82. The van der Waals surface area contributed by atoms with Crippen LogP contribution in [0.3, 0.4) is 0 Å². The van der Waals surface area contributed by atoms with Crippen molar-refractivity contribution in [3.05, 3.63) is 71.3 Å². The van der Waals surface area contributed by atoms with Crippen molar-refractivity contribution in [3.8, 4) is 0 Å². The van der Waals surface area contributed by atoms with Crippen LogP contribution in [0.25, 0.3) is 0 Å². The predicted molar refractivity (Wildman–Crippen MR) is 111 cm³/mol. The predicted octanol–water partition coefficient (Wildman–Crippen LogP) is 2.77. The molecule has 1 atom stereocenters. The molecule has 0 saturated carbocycles. The molecule has 1 heterocycles. The van der Waals surface area contributed by atoms with Crippen LogP contribution in [0.2, 0.25) is 0 Å². The molecule has 1 N–H and O–H groups in total. The fraction of sp³-hybridized carbons (Fsp3) is 0.391. The molecular weight excluding hydrogens is 350 g/mol. The average molecular weight is 380 g/mol. The quantitative estimate of drug-likeness (QED) is 0.813. The molecule has 0 spiro atoms. The third-order valence-electron chi connectivity index (χ3n) is 5.34. The second-order valence-corrected chi connectivity index (χ2v) is 7.34. The lowest BCUT2D eigenvalue weighted by atomic mass is 10.0. The second-order valence-electron chi connectivity index (χ2n) is 7.34. The van der Waals surface area contributed by atoms with Gasteiger partial charge in [0, 0.05) is 32.7 Å². The van der Waals surface area contributed by atoms with Crippen LogP contribution < -0.4 is 5.32 Å². The maximum atomic E-state index is 12.5. The number of nitrogens with zero attached hydrogens (tertiary/aromatic N) is 2. The summed E-state index contributed by atoms with van der Waals surface area (Å²) in [6.07, 6.45) is 0.982. The molecule has 0 aromatic heterocycles. The van der Waals surface area contributed by atoms with E-state index in [9.17, 15) is 9.59 Å². The van der Waals surface area contributed by atoms with Gasteiger partial charge in [-0.15, -0.1) is 0 Å². The molecule has 1 aliphatic heterocycles. The summed E-state index contributed by atoms with van der Waals surface area (Å²) < 4.78 is 0. The van der Waals surface area contributed by atoms with E-state index in [1.54, 1.807) is 4.90 Å². The maximum Gasteiger partial charge on any atom is 0.311 e. The highest BCUT2D eigenvalue weighted by atomic mass is 16.2. The van der Waals surface area contributed by atoms with Crippen LogP contribution in [0.1, 0.15) is 36.6 Å². The van der Waals surface area contributed by atoms with Gasteiger partial charge in [-0.05, 0) is 30.0 Å². The number of benzene rings is 2. The number of aryl methyl sites for hydroxylation is 1. The molecule has 1 aliphatic rings. The molecule has 0 aliphatic carbocycles. The van der Waals surface area contributed by atoms with Crippen LogP contribution in [0.5, 0.6) is 0 Å². The molecule has 2 aromatic rings. The van der Waals surface area contributed by atoms with Gasteiger partial charge in [-0.3, -0.25) is 14.5 Å². The topological polar surface area (TPSA) is 52.7 Å². The Morgan fingerprint density at radius 3 is 2.18 bits per heavy atom. The lowest BCUT2D eigenvalue weighted by Crippen LogP contribution is -2.52. The van der Waals surface area contributed by atoms with E-state index < -0.39 is 11.8 Å². The van der Waals surface area contributed by atoms with Crippen LogP contribution in [-0.4, -0.2) is 47.8 Å². The lowest BCUT2D eigenvalue weighted by molar-refractivity contribution is -0.147. The number of amides is 2. The highest BCUT2D eigenvalue weighted by molar-refractivity contribution is 6.35. The second kappa shape index (κ2) is 9.51. The monoisotopic (exact) mass is 379 g/mol. The van der Waals surface area contributed by atoms with Gasteiger partial charge in [-0.25, -0.2) is 0 Å². The van der Waals surface area contributed by atoms with Gasteiger partial charge in [0.2, 0.25) is 0 Å². The Bertz CT molecular complexity index is 781. The molecule has 3 rings (SSSR count). The Balaban J connectivity index is 1.48. The maximum absolute atomic E-state index is 12.5. The van der Waals surface area contributed by atoms with Crippen molar-refractivity contribution in [1.29, 1.82) is 0 Å². The number of carbonyl (C=O) groups is 2. The van der Waals surface area contributed by atoms with Gasteiger partial charge >= 0.3 is 11.8 Å². The molecule has 5 nitrogen and oxygen atoms in total. The molecule has 1 saturated heterocycles. The largest absolute Gasteiger partial charge is 0.341 e. The van der Waals surface area contributed by atoms with E-state index in [1.807, 2.05) is 37.3 Å². The van der Waals surface area contributed by atoms with Crippen molar-refractivity contribution in [2.45, 2.75) is 32.9 Å². The van der Waals surface area contributed by atoms with Gasteiger partial charge in [-0.2, -0.15) is 0 Å². The normalized spacial score (nSPS) is 15.9. The summed E-state index contributed by atoms with van der Waals surface area (Å²) in [5.41, 5.74) is 3.53. The van der Waals surface area contributed by atoms with E-state index >= 15 is 0 Å². The summed E-state index contributed by atoms with van der Waals surface area (Å²) in [6.45, 7) is 7.61. The van der Waals surface area contributed by atoms with Crippen molar-refractivity contribution in [2.24, 2.45) is 0 Å². The van der Waals surface area contributed by atoms with Crippen molar-refractivity contribution >= 4 is 11.8 Å². The SMILES string of the molecule is CCc1ccc(C(C)NC(=O)C(=O)N2CCN(Cc3ccccc3)CC2)cc1. The summed E-state index contributed by atoms with van der Waals surface area (Å²) in [5.74, 6) is -0.958. The molecule has 0 radical (unpaired) electrons. The van der Waals surface area contributed by atoms with Crippen molar-refractivity contribution in [2.75, 3.05) is 26.2 Å².